The molecule has 0 unspecified atom stereocenters. The van der Waals surface area contributed by atoms with Crippen molar-refractivity contribution < 1.29 is 18.7 Å². The van der Waals surface area contributed by atoms with E-state index in [4.69, 9.17) is 9.15 Å². The Hall–Kier alpha value is -3.41. The number of nitrogens with one attached hydrogen (secondary N) is 1. The molecule has 1 N–H and O–H groups in total. The van der Waals surface area contributed by atoms with Crippen molar-refractivity contribution in [3.63, 3.8) is 0 Å². The first-order chi connectivity index (χ1) is 12.9. The van der Waals surface area contributed by atoms with Crippen molar-refractivity contribution >= 4 is 28.3 Å². The summed E-state index contributed by atoms with van der Waals surface area (Å²) in [6, 6.07) is 11.7. The maximum atomic E-state index is 12.5. The predicted octanol–water partition coefficient (Wildman–Crippen LogP) is 3.42. The Labute approximate surface area is 154 Å². The minimum atomic E-state index is -0.427. The Kier molecular flexibility index (Phi) is 4.03. The quantitative estimate of drug-likeness (QED) is 0.567. The van der Waals surface area contributed by atoms with Gasteiger partial charge >= 0.3 is 5.63 Å². The zero-order valence-electron chi connectivity index (χ0n) is 14.9. The van der Waals surface area contributed by atoms with Gasteiger partial charge in [0.1, 0.15) is 11.3 Å². The molecule has 0 radical (unpaired) electrons. The van der Waals surface area contributed by atoms with Crippen molar-refractivity contribution in [2.45, 2.75) is 19.8 Å². The van der Waals surface area contributed by atoms with E-state index >= 15 is 0 Å². The number of amides is 1. The highest BCUT2D eigenvalue weighted by Crippen LogP contribution is 2.32. The molecule has 136 valence electrons. The van der Waals surface area contributed by atoms with Crippen LogP contribution in [0.15, 0.2) is 51.7 Å². The summed E-state index contributed by atoms with van der Waals surface area (Å²) in [5, 5.41) is 3.60. The zero-order valence-corrected chi connectivity index (χ0v) is 14.9. The van der Waals surface area contributed by atoms with E-state index in [1.807, 2.05) is 6.92 Å². The molecule has 1 aliphatic heterocycles. The number of Topliss-reactive ketones (excluding diaryl/α,β-unsaturated/α-hetero) is 1. The molecule has 27 heavy (non-hydrogen) atoms. The molecule has 2 heterocycles. The fourth-order valence-electron chi connectivity index (χ4n) is 3.22. The highest BCUT2D eigenvalue weighted by molar-refractivity contribution is 6.05. The van der Waals surface area contributed by atoms with E-state index in [-0.39, 0.29) is 24.2 Å². The monoisotopic (exact) mass is 363 g/mol. The van der Waals surface area contributed by atoms with Crippen molar-refractivity contribution in [1.29, 1.82) is 0 Å². The van der Waals surface area contributed by atoms with Gasteiger partial charge in [-0.1, -0.05) is 0 Å². The third-order valence-corrected chi connectivity index (χ3v) is 4.78. The van der Waals surface area contributed by atoms with Gasteiger partial charge in [-0.2, -0.15) is 0 Å². The number of carbonyl (C=O) groups is 2. The number of hydrogen-bond acceptors (Lipinski definition) is 5. The molecule has 1 aliphatic rings. The second-order valence-corrected chi connectivity index (χ2v) is 6.63. The van der Waals surface area contributed by atoms with Crippen molar-refractivity contribution in [1.82, 2.24) is 0 Å². The average molecular weight is 363 g/mol. The number of hydrogen-bond donors (Lipinski definition) is 1. The first kappa shape index (κ1) is 17.0. The van der Waals surface area contributed by atoms with Gasteiger partial charge in [0, 0.05) is 28.8 Å². The van der Waals surface area contributed by atoms with E-state index < -0.39 is 5.63 Å². The Bertz CT molecular complexity index is 1150. The molecular weight excluding hydrogens is 346 g/mol. The Morgan fingerprint density at radius 1 is 1.15 bits per heavy atom. The molecular formula is C21H17NO5. The smallest absolute Gasteiger partial charge is 0.336 e. The summed E-state index contributed by atoms with van der Waals surface area (Å²) in [6.45, 7) is 3.48. The van der Waals surface area contributed by atoms with E-state index in [2.05, 4.69) is 5.32 Å². The van der Waals surface area contributed by atoms with Crippen LogP contribution in [0.4, 0.5) is 5.69 Å². The van der Waals surface area contributed by atoms with Crippen LogP contribution in [0, 0.1) is 6.92 Å². The largest absolute Gasteiger partial charge is 0.485 e. The summed E-state index contributed by atoms with van der Waals surface area (Å²) in [5.74, 6) is -0.106. The van der Waals surface area contributed by atoms with Crippen LogP contribution in [0.3, 0.4) is 0 Å². The fourth-order valence-corrected chi connectivity index (χ4v) is 3.22. The average Bonchev–Trinajstić information content (AvgIpc) is 2.93. The maximum Gasteiger partial charge on any atom is 0.336 e. The van der Waals surface area contributed by atoms with E-state index in [0.717, 1.165) is 22.2 Å². The maximum absolute atomic E-state index is 12.5. The highest BCUT2D eigenvalue weighted by Gasteiger charge is 2.27. The van der Waals surface area contributed by atoms with Gasteiger partial charge in [0.2, 0.25) is 5.91 Å². The standard InChI is InChI=1S/C21H17NO5/c1-11-7-20(24)27-19-9-14(4-5-15(11)19)26-10-18(23)13-3-6-17-16(8-13)12(2)21(25)22-17/h3-9,12H,10H2,1-2H3,(H,22,25)/t12-/m1/s1. The van der Waals surface area contributed by atoms with E-state index in [0.29, 0.717) is 16.9 Å². The van der Waals surface area contributed by atoms with Gasteiger partial charge in [0.25, 0.3) is 0 Å². The summed E-state index contributed by atoms with van der Waals surface area (Å²) in [4.78, 5) is 35.7. The van der Waals surface area contributed by atoms with Crippen LogP contribution in [0.25, 0.3) is 11.0 Å². The minimum Gasteiger partial charge on any atom is -0.485 e. The van der Waals surface area contributed by atoms with Gasteiger partial charge in [0.05, 0.1) is 5.92 Å². The first-order valence-corrected chi connectivity index (χ1v) is 8.58. The SMILES string of the molecule is Cc1cc(=O)oc2cc(OCC(=O)c3ccc4c(c3)[C@@H](C)C(=O)N4)ccc12. The Morgan fingerprint density at radius 2 is 1.96 bits per heavy atom. The topological polar surface area (TPSA) is 85.6 Å². The van der Waals surface area contributed by atoms with E-state index in [1.54, 1.807) is 43.3 Å². The third-order valence-electron chi connectivity index (χ3n) is 4.78. The number of ether oxygens (including phenoxy) is 1. The van der Waals surface area contributed by atoms with E-state index in [1.165, 1.54) is 6.07 Å². The van der Waals surface area contributed by atoms with Gasteiger partial charge in [-0.25, -0.2) is 4.79 Å². The number of aryl methyl sites for hydroxylation is 1. The molecule has 0 bridgehead atoms. The fraction of sp³-hybridized carbons (Fsp3) is 0.190. The van der Waals surface area contributed by atoms with Crippen molar-refractivity contribution in [3.8, 4) is 5.75 Å². The summed E-state index contributed by atoms with van der Waals surface area (Å²) in [6.07, 6.45) is 0. The van der Waals surface area contributed by atoms with Crippen LogP contribution in [-0.4, -0.2) is 18.3 Å². The van der Waals surface area contributed by atoms with E-state index in [9.17, 15) is 14.4 Å². The summed E-state index contributed by atoms with van der Waals surface area (Å²) in [7, 11) is 0. The highest BCUT2D eigenvalue weighted by atomic mass is 16.5. The second-order valence-electron chi connectivity index (χ2n) is 6.63. The number of anilines is 1. The molecule has 2 aromatic carbocycles. The molecule has 0 saturated heterocycles. The molecule has 1 atom stereocenters. The Morgan fingerprint density at radius 3 is 2.78 bits per heavy atom. The summed E-state index contributed by atoms with van der Waals surface area (Å²) in [5.41, 5.74) is 2.85. The lowest BCUT2D eigenvalue weighted by atomic mass is 9.99. The molecule has 0 saturated carbocycles. The van der Waals surface area contributed by atoms with Crippen molar-refractivity contribution in [2.24, 2.45) is 0 Å². The van der Waals surface area contributed by atoms with Crippen LogP contribution in [0.5, 0.6) is 5.75 Å². The van der Waals surface area contributed by atoms with Crippen LogP contribution in [0.1, 0.15) is 34.3 Å². The van der Waals surface area contributed by atoms with Crippen molar-refractivity contribution in [2.75, 3.05) is 11.9 Å². The predicted molar refractivity (Wildman–Crippen MR) is 101 cm³/mol. The lowest BCUT2D eigenvalue weighted by Gasteiger charge is -2.08. The molecule has 1 amide bonds. The second kappa shape index (κ2) is 6.39. The van der Waals surface area contributed by atoms with Gasteiger partial charge < -0.3 is 14.5 Å². The van der Waals surface area contributed by atoms with Crippen LogP contribution >= 0.6 is 0 Å². The van der Waals surface area contributed by atoms with Crippen LogP contribution in [-0.2, 0) is 4.79 Å². The normalized spacial score (nSPS) is 15.5. The molecule has 0 aliphatic carbocycles. The summed E-state index contributed by atoms with van der Waals surface area (Å²) >= 11 is 0. The number of fused-ring (bicyclic) bond motifs is 2. The number of benzene rings is 2. The number of carbonyl (C=O) groups excluding carboxylic acids is 2. The molecule has 6 nitrogen and oxygen atoms in total. The Balaban J connectivity index is 1.52. The van der Waals surface area contributed by atoms with Gasteiger partial charge in [-0.05, 0) is 55.3 Å². The van der Waals surface area contributed by atoms with Crippen LogP contribution in [0.2, 0.25) is 0 Å². The lowest BCUT2D eigenvalue weighted by molar-refractivity contribution is -0.116. The van der Waals surface area contributed by atoms with Crippen molar-refractivity contribution in [3.05, 3.63) is 69.6 Å². The number of ketones is 1. The molecule has 0 fully saturated rings. The third kappa shape index (κ3) is 3.10. The zero-order chi connectivity index (χ0) is 19.1. The first-order valence-electron chi connectivity index (χ1n) is 8.58. The molecule has 4 rings (SSSR count). The van der Waals surface area contributed by atoms with Gasteiger partial charge in [-0.3, -0.25) is 9.59 Å². The summed E-state index contributed by atoms with van der Waals surface area (Å²) < 4.78 is 10.8. The molecule has 3 aromatic rings. The molecule has 1 aromatic heterocycles. The van der Waals surface area contributed by atoms with Gasteiger partial charge in [0.15, 0.2) is 12.4 Å². The minimum absolute atomic E-state index is 0.0706. The molecule has 6 heteroatoms. The van der Waals surface area contributed by atoms with Crippen LogP contribution < -0.4 is 15.7 Å². The van der Waals surface area contributed by atoms with Gasteiger partial charge in [-0.15, -0.1) is 0 Å². The number of rotatable bonds is 4. The molecule has 0 spiro atoms. The lowest BCUT2D eigenvalue weighted by Crippen LogP contribution is -2.12.